The molecule has 0 saturated carbocycles. The lowest BCUT2D eigenvalue weighted by atomic mass is 10.2. The van der Waals surface area contributed by atoms with Crippen molar-refractivity contribution in [3.8, 4) is 0 Å². The van der Waals surface area contributed by atoms with Crippen LogP contribution >= 0.6 is 0 Å². The topological polar surface area (TPSA) is 18.5 Å². The van der Waals surface area contributed by atoms with Crippen molar-refractivity contribution >= 4 is 0 Å². The van der Waals surface area contributed by atoms with Crippen LogP contribution in [0.2, 0.25) is 0 Å². The fraction of sp³-hybridized carbons (Fsp3) is 1.00. The molecule has 2 nitrogen and oxygen atoms in total. The second-order valence-corrected chi connectivity index (χ2v) is 5.01. The van der Waals surface area contributed by atoms with E-state index in [1.54, 1.807) is 0 Å². The van der Waals surface area contributed by atoms with Crippen LogP contribution in [0, 0.1) is 0 Å². The Morgan fingerprint density at radius 2 is 0.704 bits per heavy atom. The van der Waals surface area contributed by atoms with E-state index < -0.39 is 68.9 Å². The van der Waals surface area contributed by atoms with Crippen LogP contribution in [-0.4, -0.2) is 62.5 Å². The summed E-state index contributed by atoms with van der Waals surface area (Å²) in [4.78, 5) is 0. The number of alkyl halides is 14. The molecule has 16 heteroatoms. The Labute approximate surface area is 141 Å². The molecular formula is C11H10F14O2. The molecule has 0 atom stereocenters. The highest BCUT2D eigenvalue weighted by molar-refractivity contribution is 4.91. The summed E-state index contributed by atoms with van der Waals surface area (Å²) in [5.41, 5.74) is 0. The SMILES string of the molecule is FC(F)(F)C(F)(F)C(F)(F)COCCCOCC(F)(F)C(F)(F)C(F)(F)F. The normalized spacial score (nSPS) is 15.3. The zero-order valence-corrected chi connectivity index (χ0v) is 12.6. The molecule has 0 aromatic rings. The van der Waals surface area contributed by atoms with Gasteiger partial charge in [0.15, 0.2) is 0 Å². The van der Waals surface area contributed by atoms with Crippen molar-refractivity contribution in [1.29, 1.82) is 0 Å². The first kappa shape index (κ1) is 25.9. The largest absolute Gasteiger partial charge is 0.459 e. The van der Waals surface area contributed by atoms with Gasteiger partial charge >= 0.3 is 36.0 Å². The summed E-state index contributed by atoms with van der Waals surface area (Å²) in [7, 11) is 0. The number of halogens is 14. The summed E-state index contributed by atoms with van der Waals surface area (Å²) in [6, 6.07) is 0. The summed E-state index contributed by atoms with van der Waals surface area (Å²) >= 11 is 0. The van der Waals surface area contributed by atoms with Gasteiger partial charge in [-0.2, -0.15) is 61.5 Å². The van der Waals surface area contributed by atoms with E-state index in [1.165, 1.54) is 0 Å². The molecule has 0 rings (SSSR count). The van der Waals surface area contributed by atoms with Crippen LogP contribution in [0.1, 0.15) is 6.42 Å². The maximum atomic E-state index is 12.8. The molecule has 27 heavy (non-hydrogen) atoms. The van der Waals surface area contributed by atoms with Gasteiger partial charge in [0.2, 0.25) is 0 Å². The van der Waals surface area contributed by atoms with E-state index in [4.69, 9.17) is 0 Å². The van der Waals surface area contributed by atoms with Crippen molar-refractivity contribution in [1.82, 2.24) is 0 Å². The maximum Gasteiger partial charge on any atom is 0.459 e. The summed E-state index contributed by atoms with van der Waals surface area (Å²) in [5, 5.41) is 0. The Morgan fingerprint density at radius 3 is 0.926 bits per heavy atom. The van der Waals surface area contributed by atoms with Gasteiger partial charge in [0.05, 0.1) is 0 Å². The summed E-state index contributed by atoms with van der Waals surface area (Å²) < 4.78 is 179. The lowest BCUT2D eigenvalue weighted by molar-refractivity contribution is -0.362. The van der Waals surface area contributed by atoms with Crippen LogP contribution in [0.4, 0.5) is 61.5 Å². The van der Waals surface area contributed by atoms with Crippen LogP contribution in [-0.2, 0) is 9.47 Å². The van der Waals surface area contributed by atoms with Crippen LogP contribution in [0.15, 0.2) is 0 Å². The molecule has 0 aliphatic carbocycles. The first-order valence-corrected chi connectivity index (χ1v) is 6.51. The molecule has 0 fully saturated rings. The third-order valence-corrected chi connectivity index (χ3v) is 2.77. The van der Waals surface area contributed by atoms with Crippen molar-refractivity contribution < 1.29 is 70.9 Å². The van der Waals surface area contributed by atoms with Crippen molar-refractivity contribution in [2.24, 2.45) is 0 Å². The second-order valence-electron chi connectivity index (χ2n) is 5.01. The average molecular weight is 440 g/mol. The molecule has 0 saturated heterocycles. The molecule has 0 aromatic heterocycles. The number of ether oxygens (including phenoxy) is 2. The Bertz CT molecular complexity index is 425. The Kier molecular flexibility index (Phi) is 7.81. The van der Waals surface area contributed by atoms with E-state index in [9.17, 15) is 61.5 Å². The quantitative estimate of drug-likeness (QED) is 0.349. The van der Waals surface area contributed by atoms with Gasteiger partial charge in [0, 0.05) is 13.2 Å². The summed E-state index contributed by atoms with van der Waals surface area (Å²) in [6.45, 7) is -6.99. The third-order valence-electron chi connectivity index (χ3n) is 2.77. The summed E-state index contributed by atoms with van der Waals surface area (Å²) in [6.07, 6.45) is -13.9. The van der Waals surface area contributed by atoms with Gasteiger partial charge in [-0.3, -0.25) is 0 Å². The van der Waals surface area contributed by atoms with Gasteiger partial charge < -0.3 is 9.47 Å². The average Bonchev–Trinajstić information content (AvgIpc) is 2.43. The van der Waals surface area contributed by atoms with E-state index in [0.29, 0.717) is 0 Å². The minimum Gasteiger partial charge on any atom is -0.375 e. The molecule has 0 bridgehead atoms. The first-order valence-electron chi connectivity index (χ1n) is 6.51. The third kappa shape index (κ3) is 5.96. The fourth-order valence-electron chi connectivity index (χ4n) is 1.26. The van der Waals surface area contributed by atoms with Crippen molar-refractivity contribution in [3.63, 3.8) is 0 Å². The molecule has 0 radical (unpaired) electrons. The minimum atomic E-state index is -6.59. The smallest absolute Gasteiger partial charge is 0.375 e. The Hall–Kier alpha value is -1.06. The van der Waals surface area contributed by atoms with Crippen LogP contribution < -0.4 is 0 Å². The second kappa shape index (κ2) is 8.13. The Morgan fingerprint density at radius 1 is 0.444 bits per heavy atom. The molecule has 0 aliphatic heterocycles. The van der Waals surface area contributed by atoms with Gasteiger partial charge in [-0.25, -0.2) is 0 Å². The highest BCUT2D eigenvalue weighted by Crippen LogP contribution is 2.47. The van der Waals surface area contributed by atoms with Crippen LogP contribution in [0.25, 0.3) is 0 Å². The molecular weight excluding hydrogens is 430 g/mol. The van der Waals surface area contributed by atoms with Crippen molar-refractivity contribution in [3.05, 3.63) is 0 Å². The molecule has 0 spiro atoms. The first-order chi connectivity index (χ1) is 11.7. The van der Waals surface area contributed by atoms with Gasteiger partial charge in [-0.1, -0.05) is 0 Å². The standard InChI is InChI=1S/C11H10F14O2/c12-6(13,8(16,17)10(20,21)22)4-26-2-1-3-27-5-7(14,15)9(18,19)11(23,24)25/h1-5H2. The molecule has 0 heterocycles. The van der Waals surface area contributed by atoms with Crippen molar-refractivity contribution in [2.75, 3.05) is 26.4 Å². The number of hydrogen-bond donors (Lipinski definition) is 0. The molecule has 0 aliphatic rings. The number of hydrogen-bond acceptors (Lipinski definition) is 2. The van der Waals surface area contributed by atoms with Crippen LogP contribution in [0.5, 0.6) is 0 Å². The van der Waals surface area contributed by atoms with E-state index in [2.05, 4.69) is 9.47 Å². The molecule has 0 unspecified atom stereocenters. The monoisotopic (exact) mass is 440 g/mol. The van der Waals surface area contributed by atoms with Gasteiger partial charge in [-0.05, 0) is 6.42 Å². The van der Waals surface area contributed by atoms with E-state index in [1.807, 2.05) is 0 Å². The van der Waals surface area contributed by atoms with Gasteiger partial charge in [0.1, 0.15) is 13.2 Å². The van der Waals surface area contributed by atoms with Crippen LogP contribution in [0.3, 0.4) is 0 Å². The fourth-order valence-corrected chi connectivity index (χ4v) is 1.26. The lowest BCUT2D eigenvalue weighted by Gasteiger charge is -2.28. The van der Waals surface area contributed by atoms with E-state index in [0.717, 1.165) is 0 Å². The summed E-state index contributed by atoms with van der Waals surface area (Å²) in [5.74, 6) is -24.2. The maximum absolute atomic E-state index is 12.8. The molecule has 0 aromatic carbocycles. The van der Waals surface area contributed by atoms with Crippen molar-refractivity contribution in [2.45, 2.75) is 42.5 Å². The highest BCUT2D eigenvalue weighted by Gasteiger charge is 2.73. The highest BCUT2D eigenvalue weighted by atomic mass is 19.4. The predicted molar refractivity (Wildman–Crippen MR) is 58.2 cm³/mol. The molecule has 164 valence electrons. The molecule has 0 amide bonds. The zero-order chi connectivity index (χ0) is 21.9. The molecule has 0 N–H and O–H groups in total. The lowest BCUT2D eigenvalue weighted by Crippen LogP contribution is -2.54. The predicted octanol–water partition coefficient (Wildman–Crippen LogP) is 5.08. The van der Waals surface area contributed by atoms with E-state index in [-0.39, 0.29) is 0 Å². The van der Waals surface area contributed by atoms with Gasteiger partial charge in [0.25, 0.3) is 0 Å². The van der Waals surface area contributed by atoms with Gasteiger partial charge in [-0.15, -0.1) is 0 Å². The number of rotatable bonds is 10. The Balaban J connectivity index is 4.33. The van der Waals surface area contributed by atoms with E-state index >= 15 is 0 Å². The minimum absolute atomic E-state index is 0.763. The zero-order valence-electron chi connectivity index (χ0n) is 12.6.